The molecule has 0 saturated heterocycles. The van der Waals surface area contributed by atoms with Gasteiger partial charge in [-0.1, -0.05) is 61.9 Å². The van der Waals surface area contributed by atoms with Crippen molar-refractivity contribution in [2.75, 3.05) is 0 Å². The van der Waals surface area contributed by atoms with E-state index in [0.717, 1.165) is 44.1 Å². The molecule has 3 heteroatoms. The summed E-state index contributed by atoms with van der Waals surface area (Å²) in [5, 5.41) is 0. The van der Waals surface area contributed by atoms with Crippen molar-refractivity contribution in [3.63, 3.8) is 0 Å². The Kier molecular flexibility index (Phi) is 5.87. The van der Waals surface area contributed by atoms with Crippen molar-refractivity contribution in [3.8, 4) is 0 Å². The molecular formula is C30H38O3. The van der Waals surface area contributed by atoms with Crippen molar-refractivity contribution in [1.29, 1.82) is 0 Å². The Labute approximate surface area is 198 Å². The van der Waals surface area contributed by atoms with Crippen molar-refractivity contribution in [2.24, 2.45) is 34.5 Å². The van der Waals surface area contributed by atoms with E-state index in [1.807, 2.05) is 30.4 Å². The van der Waals surface area contributed by atoms with Crippen LogP contribution in [0.4, 0.5) is 0 Å². The standard InChI is InChI=1S/C30H38O3/c1-20(31)33-23-15-17-29(2)22(19-23)10-11-24-25-12-13-27(30(25,3)18-16-26(24)29)28(32)14-9-21-7-5-4-6-8-21/h4-10,14,23-27H,11-13,15-19H2,1-3H3/t23-,24-,25-,26-,27+,29-,30-/m0/s1. The van der Waals surface area contributed by atoms with Gasteiger partial charge in [-0.2, -0.15) is 0 Å². The molecule has 4 aliphatic carbocycles. The van der Waals surface area contributed by atoms with Crippen molar-refractivity contribution in [2.45, 2.75) is 78.2 Å². The molecule has 0 N–H and O–H groups in total. The van der Waals surface area contributed by atoms with Gasteiger partial charge in [-0.3, -0.25) is 9.59 Å². The first-order valence-corrected chi connectivity index (χ1v) is 12.9. The molecule has 0 aliphatic heterocycles. The quantitative estimate of drug-likeness (QED) is 0.291. The van der Waals surface area contributed by atoms with Gasteiger partial charge in [-0.15, -0.1) is 0 Å². The maximum absolute atomic E-state index is 13.3. The smallest absolute Gasteiger partial charge is 0.302 e. The van der Waals surface area contributed by atoms with Crippen molar-refractivity contribution in [1.82, 2.24) is 0 Å². The predicted molar refractivity (Wildman–Crippen MR) is 131 cm³/mol. The van der Waals surface area contributed by atoms with Gasteiger partial charge in [0, 0.05) is 19.3 Å². The summed E-state index contributed by atoms with van der Waals surface area (Å²) in [6.45, 7) is 6.41. The highest BCUT2D eigenvalue weighted by molar-refractivity contribution is 5.96. The van der Waals surface area contributed by atoms with Crippen LogP contribution in [0.2, 0.25) is 0 Å². The molecule has 3 fully saturated rings. The minimum Gasteiger partial charge on any atom is -0.462 e. The lowest BCUT2D eigenvalue weighted by molar-refractivity contribution is -0.149. The van der Waals surface area contributed by atoms with E-state index < -0.39 is 0 Å². The van der Waals surface area contributed by atoms with Gasteiger partial charge in [-0.25, -0.2) is 0 Å². The van der Waals surface area contributed by atoms with Crippen LogP contribution in [-0.4, -0.2) is 17.9 Å². The highest BCUT2D eigenvalue weighted by Gasteiger charge is 2.59. The molecule has 0 radical (unpaired) electrons. The summed E-state index contributed by atoms with van der Waals surface area (Å²) < 4.78 is 5.58. The van der Waals surface area contributed by atoms with E-state index in [2.05, 4.69) is 32.1 Å². The fourth-order valence-electron chi connectivity index (χ4n) is 8.29. The molecule has 4 aliphatic rings. The zero-order valence-corrected chi connectivity index (χ0v) is 20.4. The minimum absolute atomic E-state index is 0.0529. The molecule has 0 aromatic heterocycles. The molecule has 1 aromatic rings. The van der Waals surface area contributed by atoms with Gasteiger partial charge in [0.05, 0.1) is 0 Å². The molecule has 0 heterocycles. The number of benzene rings is 1. The highest BCUT2D eigenvalue weighted by atomic mass is 16.5. The maximum Gasteiger partial charge on any atom is 0.302 e. The summed E-state index contributed by atoms with van der Waals surface area (Å²) in [6.07, 6.45) is 15.1. The van der Waals surface area contributed by atoms with Gasteiger partial charge in [0.15, 0.2) is 5.78 Å². The SMILES string of the molecule is CC(=O)O[C@H]1CC[C@@]2(C)C(=CC[C@H]3[C@@H]4CC[C@H](C(=O)C=Cc5ccccc5)[C@@]4(C)CC[C@@H]32)C1. The van der Waals surface area contributed by atoms with Gasteiger partial charge < -0.3 is 4.74 Å². The number of ether oxygens (including phenoxy) is 1. The molecule has 0 bridgehead atoms. The fourth-order valence-corrected chi connectivity index (χ4v) is 8.29. The minimum atomic E-state index is -0.158. The largest absolute Gasteiger partial charge is 0.462 e. The molecule has 3 nitrogen and oxygen atoms in total. The van der Waals surface area contributed by atoms with Crippen LogP contribution in [-0.2, 0) is 14.3 Å². The third-order valence-electron chi connectivity index (χ3n) is 9.97. The van der Waals surface area contributed by atoms with Crippen LogP contribution in [0.15, 0.2) is 48.1 Å². The Balaban J connectivity index is 1.33. The molecule has 0 spiro atoms. The Morgan fingerprint density at radius 3 is 2.55 bits per heavy atom. The Hall–Kier alpha value is -2.16. The van der Waals surface area contributed by atoms with Crippen LogP contribution in [0.1, 0.15) is 77.7 Å². The number of carbonyl (C=O) groups is 2. The van der Waals surface area contributed by atoms with E-state index in [-0.39, 0.29) is 28.8 Å². The van der Waals surface area contributed by atoms with Crippen LogP contribution in [0.5, 0.6) is 0 Å². The van der Waals surface area contributed by atoms with Crippen molar-refractivity contribution >= 4 is 17.8 Å². The maximum atomic E-state index is 13.3. The molecule has 0 unspecified atom stereocenters. The average molecular weight is 447 g/mol. The van der Waals surface area contributed by atoms with E-state index in [9.17, 15) is 9.59 Å². The normalized spacial score (nSPS) is 39.8. The van der Waals surface area contributed by atoms with Gasteiger partial charge in [0.2, 0.25) is 0 Å². The molecule has 7 atom stereocenters. The average Bonchev–Trinajstić information content (AvgIpc) is 3.15. The number of esters is 1. The zero-order valence-electron chi connectivity index (χ0n) is 20.4. The first kappa shape index (κ1) is 22.6. The molecular weight excluding hydrogens is 408 g/mol. The first-order valence-electron chi connectivity index (χ1n) is 12.9. The second kappa shape index (κ2) is 8.56. The second-order valence-electron chi connectivity index (χ2n) is 11.6. The van der Waals surface area contributed by atoms with Crippen LogP contribution in [0.3, 0.4) is 0 Å². The number of hydrogen-bond donors (Lipinski definition) is 0. The number of carbonyl (C=O) groups excluding carboxylic acids is 2. The molecule has 5 rings (SSSR count). The van der Waals surface area contributed by atoms with Gasteiger partial charge in [-0.05, 0) is 85.2 Å². The number of allylic oxidation sites excluding steroid dienone is 2. The van der Waals surface area contributed by atoms with Gasteiger partial charge >= 0.3 is 5.97 Å². The molecule has 1 aromatic carbocycles. The van der Waals surface area contributed by atoms with Gasteiger partial charge in [0.1, 0.15) is 6.10 Å². The van der Waals surface area contributed by atoms with E-state index in [0.29, 0.717) is 23.5 Å². The molecule has 33 heavy (non-hydrogen) atoms. The van der Waals surface area contributed by atoms with Crippen LogP contribution in [0.25, 0.3) is 6.08 Å². The van der Waals surface area contributed by atoms with Crippen LogP contribution >= 0.6 is 0 Å². The Morgan fingerprint density at radius 2 is 1.79 bits per heavy atom. The molecule has 176 valence electrons. The predicted octanol–water partition coefficient (Wildman–Crippen LogP) is 6.78. The van der Waals surface area contributed by atoms with Crippen molar-refractivity contribution < 1.29 is 14.3 Å². The summed E-state index contributed by atoms with van der Waals surface area (Å²) >= 11 is 0. The third-order valence-corrected chi connectivity index (χ3v) is 9.97. The van der Waals surface area contributed by atoms with Gasteiger partial charge in [0.25, 0.3) is 0 Å². The van der Waals surface area contributed by atoms with E-state index >= 15 is 0 Å². The van der Waals surface area contributed by atoms with E-state index in [1.165, 1.54) is 25.3 Å². The van der Waals surface area contributed by atoms with E-state index in [1.54, 1.807) is 0 Å². The number of fused-ring (bicyclic) bond motifs is 5. The van der Waals surface area contributed by atoms with Crippen LogP contribution in [0, 0.1) is 34.5 Å². The summed E-state index contributed by atoms with van der Waals surface area (Å²) in [7, 11) is 0. The van der Waals surface area contributed by atoms with Crippen LogP contribution < -0.4 is 0 Å². The molecule has 0 amide bonds. The lowest BCUT2D eigenvalue weighted by Gasteiger charge is -2.58. The number of ketones is 1. The van der Waals surface area contributed by atoms with E-state index in [4.69, 9.17) is 4.74 Å². The Bertz CT molecular complexity index is 976. The lowest BCUT2D eigenvalue weighted by Crippen LogP contribution is -2.51. The highest BCUT2D eigenvalue weighted by Crippen LogP contribution is 2.66. The zero-order chi connectivity index (χ0) is 23.2. The van der Waals surface area contributed by atoms with Crippen molar-refractivity contribution in [3.05, 3.63) is 53.6 Å². The number of rotatable bonds is 4. The summed E-state index contributed by atoms with van der Waals surface area (Å²) in [6, 6.07) is 10.1. The number of hydrogen-bond acceptors (Lipinski definition) is 3. The topological polar surface area (TPSA) is 43.4 Å². The third kappa shape index (κ3) is 3.92. The monoisotopic (exact) mass is 446 g/mol. The Morgan fingerprint density at radius 1 is 1.00 bits per heavy atom. The summed E-state index contributed by atoms with van der Waals surface area (Å²) in [5.74, 6) is 2.33. The first-order chi connectivity index (χ1) is 15.8. The second-order valence-corrected chi connectivity index (χ2v) is 11.6. The lowest BCUT2D eigenvalue weighted by atomic mass is 9.47. The fraction of sp³-hybridized carbons (Fsp3) is 0.600. The summed E-state index contributed by atoms with van der Waals surface area (Å²) in [4.78, 5) is 24.8. The summed E-state index contributed by atoms with van der Waals surface area (Å²) in [5.41, 5.74) is 2.98. The molecule has 3 saturated carbocycles.